The van der Waals surface area contributed by atoms with Crippen LogP contribution < -0.4 is 5.32 Å². The maximum atomic E-state index is 9.69. The third-order valence-corrected chi connectivity index (χ3v) is 5.07. The molecule has 5 nitrogen and oxygen atoms in total. The van der Waals surface area contributed by atoms with Crippen LogP contribution in [0, 0.1) is 0 Å². The topological polar surface area (TPSA) is 78.5 Å². The zero-order valence-electron chi connectivity index (χ0n) is 18.2. The number of aliphatic hydroxyl groups excluding tert-OH is 2. The van der Waals surface area contributed by atoms with Gasteiger partial charge in [0.05, 0.1) is 18.4 Å². The molecule has 0 aliphatic heterocycles. The second kappa shape index (κ2) is 7.81. The van der Waals surface area contributed by atoms with Crippen molar-refractivity contribution in [1.82, 2.24) is 5.16 Å². The van der Waals surface area contributed by atoms with Crippen molar-refractivity contribution in [2.75, 3.05) is 18.5 Å². The van der Waals surface area contributed by atoms with Crippen LogP contribution in [-0.2, 0) is 10.8 Å². The van der Waals surface area contributed by atoms with Gasteiger partial charge in [0.25, 0.3) is 0 Å². The van der Waals surface area contributed by atoms with E-state index in [1.807, 2.05) is 6.07 Å². The van der Waals surface area contributed by atoms with E-state index in [0.29, 0.717) is 6.54 Å². The fourth-order valence-electron chi connectivity index (χ4n) is 3.29. The summed E-state index contributed by atoms with van der Waals surface area (Å²) in [7, 11) is 0. The summed E-state index contributed by atoms with van der Waals surface area (Å²) in [4.78, 5) is 0. The molecule has 5 heteroatoms. The summed E-state index contributed by atoms with van der Waals surface area (Å²) in [6.07, 6.45) is -0.793. The molecule has 0 aliphatic carbocycles. The maximum Gasteiger partial charge on any atom is 0.167 e. The quantitative estimate of drug-likeness (QED) is 0.574. The smallest absolute Gasteiger partial charge is 0.167 e. The molecule has 0 spiro atoms. The fraction of sp³-hybridized carbons (Fsp3) is 0.458. The zero-order valence-corrected chi connectivity index (χ0v) is 18.2. The summed E-state index contributed by atoms with van der Waals surface area (Å²) in [5, 5.41) is 27.3. The van der Waals surface area contributed by atoms with Gasteiger partial charge in [-0.2, -0.15) is 0 Å². The van der Waals surface area contributed by atoms with Crippen molar-refractivity contribution >= 4 is 16.7 Å². The number of nitrogens with one attached hydrogen (secondary N) is 1. The number of hydrogen-bond donors (Lipinski definition) is 3. The lowest BCUT2D eigenvalue weighted by atomic mass is 9.84. The van der Waals surface area contributed by atoms with E-state index < -0.39 is 6.10 Å². The van der Waals surface area contributed by atoms with E-state index in [9.17, 15) is 5.11 Å². The number of fused-ring (bicyclic) bond motifs is 1. The van der Waals surface area contributed by atoms with E-state index in [4.69, 9.17) is 9.63 Å². The minimum atomic E-state index is -0.793. The van der Waals surface area contributed by atoms with Crippen molar-refractivity contribution in [3.8, 4) is 11.1 Å². The van der Waals surface area contributed by atoms with Crippen LogP contribution in [0.1, 0.15) is 52.8 Å². The number of anilines is 1. The van der Waals surface area contributed by atoms with Crippen LogP contribution in [0.4, 0.5) is 5.69 Å². The summed E-state index contributed by atoms with van der Waals surface area (Å²) in [6.45, 7) is 12.9. The first-order chi connectivity index (χ1) is 13.5. The minimum Gasteiger partial charge on any atom is -0.394 e. The molecule has 3 rings (SSSR count). The molecule has 29 heavy (non-hydrogen) atoms. The van der Waals surface area contributed by atoms with Crippen molar-refractivity contribution in [3.05, 3.63) is 47.7 Å². The van der Waals surface area contributed by atoms with Crippen molar-refractivity contribution in [1.29, 1.82) is 0 Å². The molecule has 1 heterocycles. The Bertz CT molecular complexity index is 994. The van der Waals surface area contributed by atoms with Gasteiger partial charge in [0.2, 0.25) is 0 Å². The van der Waals surface area contributed by atoms with Crippen LogP contribution in [0.3, 0.4) is 0 Å². The lowest BCUT2D eigenvalue weighted by molar-refractivity contribution is 0.105. The first-order valence-electron chi connectivity index (χ1n) is 10.1. The minimum absolute atomic E-state index is 0.0300. The highest BCUT2D eigenvalue weighted by Gasteiger charge is 2.22. The van der Waals surface area contributed by atoms with Crippen molar-refractivity contribution in [2.45, 2.75) is 58.5 Å². The molecule has 1 atom stereocenters. The van der Waals surface area contributed by atoms with Gasteiger partial charge in [-0.3, -0.25) is 0 Å². The average Bonchev–Trinajstić information content (AvgIpc) is 3.08. The second-order valence-electron chi connectivity index (χ2n) is 9.76. The Labute approximate surface area is 172 Å². The summed E-state index contributed by atoms with van der Waals surface area (Å²) in [5.74, 6) is 0. The predicted molar refractivity (Wildman–Crippen MR) is 118 cm³/mol. The van der Waals surface area contributed by atoms with Gasteiger partial charge in [0.1, 0.15) is 0 Å². The van der Waals surface area contributed by atoms with E-state index in [2.05, 4.69) is 82.3 Å². The van der Waals surface area contributed by atoms with Crippen LogP contribution in [0.25, 0.3) is 22.1 Å². The number of aliphatic hydroxyl groups is 2. The number of benzene rings is 2. The normalized spacial score (nSPS) is 13.7. The Balaban J connectivity index is 2.04. The van der Waals surface area contributed by atoms with Gasteiger partial charge in [-0.05, 0) is 46.4 Å². The first kappa shape index (κ1) is 21.3. The molecular weight excluding hydrogens is 364 g/mol. The third kappa shape index (κ3) is 4.80. The van der Waals surface area contributed by atoms with Crippen LogP contribution in [0.5, 0.6) is 0 Å². The van der Waals surface area contributed by atoms with E-state index in [1.54, 1.807) is 0 Å². The lowest BCUT2D eigenvalue weighted by Crippen LogP contribution is -2.23. The standard InChI is InChI=1S/C24H32N2O3/c1-23(2,3)17-9-16(10-18(12-17)25-13-19(28)14-27)15-7-8-20-21(11-15)29-26-22(20)24(4,5)6/h7-12,19,25,27-28H,13-14H2,1-6H3. The highest BCUT2D eigenvalue weighted by Crippen LogP contribution is 2.35. The summed E-state index contributed by atoms with van der Waals surface area (Å²) in [5.41, 5.74) is 5.83. The average molecular weight is 397 g/mol. The Morgan fingerprint density at radius 1 is 0.966 bits per heavy atom. The molecule has 1 unspecified atom stereocenters. The molecule has 3 N–H and O–H groups in total. The molecule has 0 radical (unpaired) electrons. The number of aromatic nitrogens is 1. The van der Waals surface area contributed by atoms with Crippen LogP contribution in [0.2, 0.25) is 0 Å². The van der Waals surface area contributed by atoms with Crippen LogP contribution in [0.15, 0.2) is 40.9 Å². The molecule has 1 aromatic heterocycles. The van der Waals surface area contributed by atoms with Crippen LogP contribution >= 0.6 is 0 Å². The summed E-state index contributed by atoms with van der Waals surface area (Å²) in [6, 6.07) is 12.6. The Morgan fingerprint density at radius 2 is 1.69 bits per heavy atom. The third-order valence-electron chi connectivity index (χ3n) is 5.07. The van der Waals surface area contributed by atoms with Gasteiger partial charge in [0, 0.05) is 23.0 Å². The van der Waals surface area contributed by atoms with E-state index in [1.165, 1.54) is 5.56 Å². The molecule has 0 fully saturated rings. The highest BCUT2D eigenvalue weighted by atomic mass is 16.5. The number of nitrogens with zero attached hydrogens (tertiary/aromatic N) is 1. The Morgan fingerprint density at radius 3 is 2.31 bits per heavy atom. The molecule has 0 bridgehead atoms. The summed E-state index contributed by atoms with van der Waals surface area (Å²) >= 11 is 0. The van der Waals surface area contributed by atoms with Crippen molar-refractivity contribution in [2.24, 2.45) is 0 Å². The second-order valence-corrected chi connectivity index (χ2v) is 9.76. The van der Waals surface area contributed by atoms with Gasteiger partial charge in [-0.25, -0.2) is 0 Å². The Kier molecular flexibility index (Phi) is 5.74. The largest absolute Gasteiger partial charge is 0.394 e. The maximum absolute atomic E-state index is 9.69. The molecule has 0 saturated carbocycles. The molecule has 0 amide bonds. The zero-order chi connectivity index (χ0) is 21.4. The lowest BCUT2D eigenvalue weighted by Gasteiger charge is -2.22. The predicted octanol–water partition coefficient (Wildman–Crippen LogP) is 4.85. The molecule has 156 valence electrons. The fourth-order valence-corrected chi connectivity index (χ4v) is 3.29. The molecule has 2 aromatic carbocycles. The van der Waals surface area contributed by atoms with Gasteiger partial charge in [0.15, 0.2) is 5.58 Å². The molecule has 0 aliphatic rings. The number of rotatable bonds is 5. The SMILES string of the molecule is CC(C)(C)c1cc(NCC(O)CO)cc(-c2ccc3c(C(C)(C)C)noc3c2)c1. The van der Waals surface area contributed by atoms with Crippen LogP contribution in [-0.4, -0.2) is 34.6 Å². The number of hydrogen-bond acceptors (Lipinski definition) is 5. The van der Waals surface area contributed by atoms with E-state index in [-0.39, 0.29) is 17.4 Å². The van der Waals surface area contributed by atoms with E-state index >= 15 is 0 Å². The van der Waals surface area contributed by atoms with E-state index in [0.717, 1.165) is 33.5 Å². The monoisotopic (exact) mass is 396 g/mol. The Hall–Kier alpha value is -2.37. The summed E-state index contributed by atoms with van der Waals surface area (Å²) < 4.78 is 5.63. The van der Waals surface area contributed by atoms with Crippen molar-refractivity contribution < 1.29 is 14.7 Å². The van der Waals surface area contributed by atoms with Crippen molar-refractivity contribution in [3.63, 3.8) is 0 Å². The molecule has 0 saturated heterocycles. The van der Waals surface area contributed by atoms with Gasteiger partial charge >= 0.3 is 0 Å². The van der Waals surface area contributed by atoms with Gasteiger partial charge < -0.3 is 20.1 Å². The molecule has 3 aromatic rings. The highest BCUT2D eigenvalue weighted by molar-refractivity contribution is 5.86. The van der Waals surface area contributed by atoms with Gasteiger partial charge in [-0.1, -0.05) is 58.8 Å². The molecular formula is C24H32N2O3. The first-order valence-corrected chi connectivity index (χ1v) is 10.1. The van der Waals surface area contributed by atoms with Gasteiger partial charge in [-0.15, -0.1) is 0 Å².